The molecule has 34 heavy (non-hydrogen) atoms. The third-order valence-corrected chi connectivity index (χ3v) is 7.17. The van der Waals surface area contributed by atoms with Crippen LogP contribution in [-0.2, 0) is 19.1 Å². The van der Waals surface area contributed by atoms with Crippen LogP contribution in [0.15, 0.2) is 48.5 Å². The summed E-state index contributed by atoms with van der Waals surface area (Å²) in [6.07, 6.45) is 0.810. The zero-order valence-corrected chi connectivity index (χ0v) is 18.9. The van der Waals surface area contributed by atoms with Gasteiger partial charge in [0.15, 0.2) is 0 Å². The molecular formula is C26H28N2O6. The van der Waals surface area contributed by atoms with Gasteiger partial charge in [0.25, 0.3) is 5.91 Å². The molecule has 178 valence electrons. The number of aliphatic carboxylic acids is 1. The van der Waals surface area contributed by atoms with Crippen LogP contribution in [0.2, 0.25) is 0 Å². The van der Waals surface area contributed by atoms with E-state index < -0.39 is 23.5 Å². The Morgan fingerprint density at radius 1 is 1.09 bits per heavy atom. The van der Waals surface area contributed by atoms with Crippen LogP contribution < -0.4 is 5.32 Å². The largest absolute Gasteiger partial charge is 0.481 e. The van der Waals surface area contributed by atoms with E-state index in [4.69, 9.17) is 9.47 Å². The zero-order valence-electron chi connectivity index (χ0n) is 18.9. The van der Waals surface area contributed by atoms with Gasteiger partial charge in [-0.3, -0.25) is 9.59 Å². The second kappa shape index (κ2) is 9.10. The molecule has 2 aliphatic heterocycles. The summed E-state index contributed by atoms with van der Waals surface area (Å²) < 4.78 is 11.1. The van der Waals surface area contributed by atoms with E-state index >= 15 is 0 Å². The predicted molar refractivity (Wildman–Crippen MR) is 123 cm³/mol. The molecule has 2 aromatic rings. The van der Waals surface area contributed by atoms with Crippen molar-refractivity contribution < 1.29 is 29.0 Å². The van der Waals surface area contributed by atoms with Gasteiger partial charge in [0.1, 0.15) is 12.1 Å². The van der Waals surface area contributed by atoms with Crippen molar-refractivity contribution in [1.29, 1.82) is 0 Å². The van der Waals surface area contributed by atoms with Crippen LogP contribution >= 0.6 is 0 Å². The van der Waals surface area contributed by atoms with Crippen molar-refractivity contribution >= 4 is 18.0 Å². The van der Waals surface area contributed by atoms with E-state index in [-0.39, 0.29) is 31.6 Å². The van der Waals surface area contributed by atoms with Crippen LogP contribution in [0.1, 0.15) is 36.3 Å². The Balaban J connectivity index is 1.28. The molecule has 3 aliphatic rings. The van der Waals surface area contributed by atoms with E-state index in [1.54, 1.807) is 4.90 Å². The molecule has 0 spiro atoms. The third-order valence-electron chi connectivity index (χ3n) is 7.17. The molecule has 5 rings (SSSR count). The van der Waals surface area contributed by atoms with E-state index in [1.807, 2.05) is 36.4 Å². The standard InChI is InChI=1S/C26H28N2O6/c29-23(30)17-6-5-12-28(14-17)24(31)26(11-13-33-16-26)27-25(32)34-15-22-20-9-3-1-7-18(20)19-8-2-4-10-21(19)22/h1-4,7-10,17,22H,5-6,11-16H2,(H,27,32)(H,29,30)/t17-,26?/m1/s1. The number of carboxylic acid groups (broad SMARTS) is 1. The molecule has 2 heterocycles. The van der Waals surface area contributed by atoms with Crippen LogP contribution in [0, 0.1) is 5.92 Å². The number of ether oxygens (including phenoxy) is 2. The second-order valence-electron chi connectivity index (χ2n) is 9.26. The van der Waals surface area contributed by atoms with Gasteiger partial charge < -0.3 is 24.8 Å². The van der Waals surface area contributed by atoms with Gasteiger partial charge in [0, 0.05) is 32.0 Å². The van der Waals surface area contributed by atoms with E-state index in [2.05, 4.69) is 17.4 Å². The number of alkyl carbamates (subject to hydrolysis) is 1. The first kappa shape index (κ1) is 22.4. The van der Waals surface area contributed by atoms with E-state index in [1.165, 1.54) is 0 Å². The fourth-order valence-electron chi connectivity index (χ4n) is 5.38. The van der Waals surface area contributed by atoms with Gasteiger partial charge in [0.05, 0.1) is 12.5 Å². The highest BCUT2D eigenvalue weighted by Crippen LogP contribution is 2.44. The molecule has 1 unspecified atom stereocenters. The smallest absolute Gasteiger partial charge is 0.408 e. The number of rotatable bonds is 5. The van der Waals surface area contributed by atoms with Crippen molar-refractivity contribution in [3.05, 3.63) is 59.7 Å². The molecule has 8 heteroatoms. The summed E-state index contributed by atoms with van der Waals surface area (Å²) >= 11 is 0. The molecule has 0 saturated carbocycles. The Hall–Kier alpha value is -3.39. The Labute approximate surface area is 197 Å². The molecule has 8 nitrogen and oxygen atoms in total. The summed E-state index contributed by atoms with van der Waals surface area (Å²) in [5.41, 5.74) is 3.27. The average molecular weight is 465 g/mol. The maximum Gasteiger partial charge on any atom is 0.408 e. The van der Waals surface area contributed by atoms with Crippen LogP contribution in [-0.4, -0.2) is 66.4 Å². The maximum absolute atomic E-state index is 13.4. The highest BCUT2D eigenvalue weighted by molar-refractivity contribution is 5.91. The van der Waals surface area contributed by atoms with Crippen molar-refractivity contribution in [2.24, 2.45) is 5.92 Å². The Bertz CT molecular complexity index is 1060. The molecule has 2 amide bonds. The monoisotopic (exact) mass is 464 g/mol. The summed E-state index contributed by atoms with van der Waals surface area (Å²) in [5, 5.41) is 12.2. The number of hydrogen-bond acceptors (Lipinski definition) is 5. The van der Waals surface area contributed by atoms with Crippen LogP contribution in [0.25, 0.3) is 11.1 Å². The number of benzene rings is 2. The number of carbonyl (C=O) groups is 3. The summed E-state index contributed by atoms with van der Waals surface area (Å²) in [4.78, 5) is 39.3. The minimum Gasteiger partial charge on any atom is -0.481 e. The molecule has 0 radical (unpaired) electrons. The molecule has 2 fully saturated rings. The normalized spacial score (nSPS) is 23.8. The van der Waals surface area contributed by atoms with E-state index in [0.717, 1.165) is 22.3 Å². The maximum atomic E-state index is 13.4. The second-order valence-corrected chi connectivity index (χ2v) is 9.26. The van der Waals surface area contributed by atoms with Gasteiger partial charge in [-0.05, 0) is 35.1 Å². The molecule has 2 atom stereocenters. The number of fused-ring (bicyclic) bond motifs is 3. The highest BCUT2D eigenvalue weighted by Gasteiger charge is 2.47. The SMILES string of the molecule is O=C(NC1(C(=O)N2CCC[C@@H](C(=O)O)C2)CCOC1)OCC1c2ccccc2-c2ccccc21. The lowest BCUT2D eigenvalue weighted by Gasteiger charge is -2.37. The van der Waals surface area contributed by atoms with Crippen molar-refractivity contribution in [3.63, 3.8) is 0 Å². The predicted octanol–water partition coefficient (Wildman–Crippen LogP) is 3.01. The van der Waals surface area contributed by atoms with Gasteiger partial charge in [-0.25, -0.2) is 4.79 Å². The van der Waals surface area contributed by atoms with E-state index in [9.17, 15) is 19.5 Å². The Kier molecular flexibility index (Phi) is 6.00. The number of carbonyl (C=O) groups excluding carboxylic acids is 2. The zero-order chi connectivity index (χ0) is 23.7. The first-order valence-electron chi connectivity index (χ1n) is 11.7. The number of nitrogens with one attached hydrogen (secondary N) is 1. The Morgan fingerprint density at radius 2 is 1.76 bits per heavy atom. The van der Waals surface area contributed by atoms with Crippen molar-refractivity contribution in [2.75, 3.05) is 32.9 Å². The number of carboxylic acids is 1. The van der Waals surface area contributed by atoms with Crippen molar-refractivity contribution in [1.82, 2.24) is 10.2 Å². The summed E-state index contributed by atoms with van der Waals surface area (Å²) in [6.45, 7) is 1.14. The summed E-state index contributed by atoms with van der Waals surface area (Å²) in [7, 11) is 0. The lowest BCUT2D eigenvalue weighted by Crippen LogP contribution is -2.62. The first-order valence-corrected chi connectivity index (χ1v) is 11.7. The highest BCUT2D eigenvalue weighted by atomic mass is 16.6. The quantitative estimate of drug-likeness (QED) is 0.705. The van der Waals surface area contributed by atoms with Gasteiger partial charge in [0.2, 0.25) is 0 Å². The fourth-order valence-corrected chi connectivity index (χ4v) is 5.38. The summed E-state index contributed by atoms with van der Waals surface area (Å²) in [6, 6.07) is 16.2. The third kappa shape index (κ3) is 4.03. The van der Waals surface area contributed by atoms with Crippen LogP contribution in [0.3, 0.4) is 0 Å². The Morgan fingerprint density at radius 3 is 2.38 bits per heavy atom. The van der Waals surface area contributed by atoms with E-state index in [0.29, 0.717) is 32.4 Å². The molecule has 2 aromatic carbocycles. The van der Waals surface area contributed by atoms with Crippen LogP contribution in [0.4, 0.5) is 4.79 Å². The first-order chi connectivity index (χ1) is 16.5. The van der Waals surface area contributed by atoms with Crippen molar-refractivity contribution in [2.45, 2.75) is 30.7 Å². The molecule has 2 N–H and O–H groups in total. The fraction of sp³-hybridized carbons (Fsp3) is 0.423. The lowest BCUT2D eigenvalue weighted by molar-refractivity contribution is -0.147. The minimum absolute atomic E-state index is 0.0459. The number of likely N-dealkylation sites (tertiary alicyclic amines) is 1. The minimum atomic E-state index is -1.23. The lowest BCUT2D eigenvalue weighted by atomic mass is 9.92. The molecule has 0 aromatic heterocycles. The summed E-state index contributed by atoms with van der Waals surface area (Å²) in [5.74, 6) is -1.88. The average Bonchev–Trinajstić information content (AvgIpc) is 3.46. The molecule has 2 saturated heterocycles. The molecular weight excluding hydrogens is 436 g/mol. The van der Waals surface area contributed by atoms with Gasteiger partial charge >= 0.3 is 12.1 Å². The van der Waals surface area contributed by atoms with Crippen LogP contribution in [0.5, 0.6) is 0 Å². The number of piperidine rings is 1. The number of hydrogen-bond donors (Lipinski definition) is 2. The van der Waals surface area contributed by atoms with Gasteiger partial charge in [-0.1, -0.05) is 48.5 Å². The van der Waals surface area contributed by atoms with Crippen molar-refractivity contribution in [3.8, 4) is 11.1 Å². The van der Waals surface area contributed by atoms with Gasteiger partial charge in [-0.15, -0.1) is 0 Å². The molecule has 1 aliphatic carbocycles. The molecule has 0 bridgehead atoms. The topological polar surface area (TPSA) is 105 Å². The number of amides is 2. The van der Waals surface area contributed by atoms with Gasteiger partial charge in [-0.2, -0.15) is 0 Å². The number of nitrogens with zero attached hydrogens (tertiary/aromatic N) is 1.